The third-order valence-electron chi connectivity index (χ3n) is 7.99. The average molecular weight is 759 g/mol. The number of allylic oxidation sites excluding steroid dienone is 6. The standard InChI is InChI=1S/C40H71O11P/c1-4-5-6-7-8-9-13-17-22-27-36(42)28-23-18-15-20-25-30-40(45)51-38(34-50-52(46,47)49-32-37(43)31-41)33-48-39(44)29-24-19-14-11-10-12-16-21-26-35(2)3/h8-9,15,17-18,22-23,28,35-38,41-43H,4-7,10-14,16,19-21,24-27,29-34H2,1-3H3,(H,46,47)/b9-8-,18-15+,22-17-,28-23-/t36?,37-,38+/m0/s1. The molecule has 0 bridgehead atoms. The Kier molecular flexibility index (Phi) is 33.2. The minimum absolute atomic E-state index is 0.0483. The Morgan fingerprint density at radius 3 is 2.04 bits per heavy atom. The molecule has 2 unspecified atom stereocenters. The van der Waals surface area contributed by atoms with Crippen molar-refractivity contribution in [1.82, 2.24) is 0 Å². The van der Waals surface area contributed by atoms with E-state index in [1.807, 2.05) is 18.2 Å². The third kappa shape index (κ3) is 34.9. The monoisotopic (exact) mass is 758 g/mol. The molecule has 11 nitrogen and oxygen atoms in total. The summed E-state index contributed by atoms with van der Waals surface area (Å²) in [6.07, 6.45) is 29.9. The normalized spacial score (nSPS) is 15.2. The Morgan fingerprint density at radius 2 is 1.35 bits per heavy atom. The van der Waals surface area contributed by atoms with Gasteiger partial charge in [-0.1, -0.05) is 134 Å². The maximum Gasteiger partial charge on any atom is 0.472 e. The number of carbonyl (C=O) groups is 2. The second kappa shape index (κ2) is 34.6. The number of carbonyl (C=O) groups excluding carboxylic acids is 2. The van der Waals surface area contributed by atoms with Crippen molar-refractivity contribution >= 4 is 19.8 Å². The second-order valence-corrected chi connectivity index (χ2v) is 15.1. The number of hydrogen-bond donors (Lipinski definition) is 4. The van der Waals surface area contributed by atoms with Gasteiger partial charge in [-0.15, -0.1) is 0 Å². The van der Waals surface area contributed by atoms with E-state index in [0.717, 1.165) is 38.0 Å². The molecule has 0 saturated carbocycles. The molecule has 0 aliphatic rings. The van der Waals surface area contributed by atoms with Crippen molar-refractivity contribution in [3.63, 3.8) is 0 Å². The molecule has 0 aliphatic heterocycles. The molecule has 52 heavy (non-hydrogen) atoms. The Hall–Kier alpha value is -2.11. The van der Waals surface area contributed by atoms with Crippen molar-refractivity contribution in [2.45, 2.75) is 161 Å². The van der Waals surface area contributed by atoms with E-state index in [1.165, 1.54) is 51.4 Å². The maximum absolute atomic E-state index is 12.5. The summed E-state index contributed by atoms with van der Waals surface area (Å²) in [5, 5.41) is 28.4. The van der Waals surface area contributed by atoms with Gasteiger partial charge in [-0.05, 0) is 50.9 Å². The fraction of sp³-hybridized carbons (Fsp3) is 0.750. The number of phosphoric acid groups is 1. The lowest BCUT2D eigenvalue weighted by atomic mass is 10.0. The van der Waals surface area contributed by atoms with Crippen molar-refractivity contribution in [2.24, 2.45) is 5.92 Å². The molecular formula is C40H71O11P. The Labute approximate surface area is 314 Å². The first kappa shape index (κ1) is 49.9. The second-order valence-electron chi connectivity index (χ2n) is 13.6. The molecule has 0 saturated heterocycles. The van der Waals surface area contributed by atoms with Crippen molar-refractivity contribution in [1.29, 1.82) is 0 Å². The van der Waals surface area contributed by atoms with Gasteiger partial charge in [-0.2, -0.15) is 0 Å². The SMILES string of the molecule is CCCCC/C=C\C/C=C\CC(O)/C=C\C=C\CCCC(=O)O[C@H](COC(=O)CCCCCCCCCCC(C)C)COP(=O)(O)OC[C@@H](O)CO. The van der Waals surface area contributed by atoms with E-state index >= 15 is 0 Å². The average Bonchev–Trinajstić information content (AvgIpc) is 3.11. The molecule has 0 rings (SSSR count). The number of aliphatic hydroxyl groups is 3. The van der Waals surface area contributed by atoms with Crippen LogP contribution in [0, 0.1) is 5.92 Å². The van der Waals surface area contributed by atoms with Gasteiger partial charge >= 0.3 is 19.8 Å². The van der Waals surface area contributed by atoms with Crippen LogP contribution in [0.3, 0.4) is 0 Å². The smallest absolute Gasteiger partial charge is 0.462 e. The highest BCUT2D eigenvalue weighted by Crippen LogP contribution is 2.43. The summed E-state index contributed by atoms with van der Waals surface area (Å²) in [6.45, 7) is 4.42. The molecule has 0 aromatic heterocycles. The molecule has 0 aliphatic carbocycles. The summed E-state index contributed by atoms with van der Waals surface area (Å²) in [4.78, 5) is 34.8. The number of esters is 2. The summed E-state index contributed by atoms with van der Waals surface area (Å²) in [7, 11) is -4.65. The summed E-state index contributed by atoms with van der Waals surface area (Å²) >= 11 is 0. The number of ether oxygens (including phenoxy) is 2. The van der Waals surface area contributed by atoms with Gasteiger partial charge in [0.05, 0.1) is 25.9 Å². The van der Waals surface area contributed by atoms with Gasteiger partial charge in [0, 0.05) is 12.8 Å². The lowest BCUT2D eigenvalue weighted by Gasteiger charge is -2.20. The van der Waals surface area contributed by atoms with Crippen LogP contribution >= 0.6 is 7.82 Å². The molecule has 12 heteroatoms. The number of rotatable bonds is 35. The fourth-order valence-corrected chi connectivity index (χ4v) is 5.69. The van der Waals surface area contributed by atoms with Crippen LogP contribution < -0.4 is 0 Å². The lowest BCUT2D eigenvalue weighted by Crippen LogP contribution is -2.29. The first-order valence-corrected chi connectivity index (χ1v) is 21.1. The molecule has 302 valence electrons. The first-order valence-electron chi connectivity index (χ1n) is 19.6. The summed E-state index contributed by atoms with van der Waals surface area (Å²) in [6, 6.07) is 0. The number of phosphoric ester groups is 1. The van der Waals surface area contributed by atoms with Crippen molar-refractivity contribution in [3.05, 3.63) is 48.6 Å². The highest BCUT2D eigenvalue weighted by atomic mass is 31.2. The molecule has 0 heterocycles. The summed E-state index contributed by atoms with van der Waals surface area (Å²) in [5.74, 6) is -0.309. The highest BCUT2D eigenvalue weighted by Gasteiger charge is 2.27. The van der Waals surface area contributed by atoms with Crippen molar-refractivity contribution in [2.75, 3.05) is 26.4 Å². The van der Waals surface area contributed by atoms with Crippen LogP contribution in [0.15, 0.2) is 48.6 Å². The van der Waals surface area contributed by atoms with Crippen LogP contribution in [0.5, 0.6) is 0 Å². The Bertz CT molecular complexity index is 1040. The Morgan fingerprint density at radius 1 is 0.712 bits per heavy atom. The molecular weight excluding hydrogens is 687 g/mol. The topological polar surface area (TPSA) is 169 Å². The zero-order valence-corrected chi connectivity index (χ0v) is 33.2. The molecule has 0 aromatic carbocycles. The third-order valence-corrected chi connectivity index (χ3v) is 8.95. The molecule has 0 amide bonds. The van der Waals surface area contributed by atoms with Gasteiger partial charge in [-0.3, -0.25) is 18.6 Å². The molecule has 0 spiro atoms. The van der Waals surface area contributed by atoms with Gasteiger partial charge in [-0.25, -0.2) is 4.57 Å². The van der Waals surface area contributed by atoms with Crippen molar-refractivity contribution < 1.29 is 52.9 Å². The predicted octanol–water partition coefficient (Wildman–Crippen LogP) is 8.60. The zero-order chi connectivity index (χ0) is 38.7. The number of unbranched alkanes of at least 4 members (excludes halogenated alkanes) is 11. The largest absolute Gasteiger partial charge is 0.472 e. The summed E-state index contributed by atoms with van der Waals surface area (Å²) in [5.41, 5.74) is 0. The lowest BCUT2D eigenvalue weighted by molar-refractivity contribution is -0.161. The number of aliphatic hydroxyl groups excluding tert-OH is 3. The van der Waals surface area contributed by atoms with Crippen molar-refractivity contribution in [3.8, 4) is 0 Å². The van der Waals surface area contributed by atoms with Crippen LogP contribution in [0.25, 0.3) is 0 Å². The molecule has 4 atom stereocenters. The quantitative estimate of drug-likeness (QED) is 0.0161. The van der Waals surface area contributed by atoms with Gasteiger partial charge < -0.3 is 29.7 Å². The van der Waals surface area contributed by atoms with Crippen LogP contribution in [0.2, 0.25) is 0 Å². The zero-order valence-electron chi connectivity index (χ0n) is 32.3. The van der Waals surface area contributed by atoms with Crippen LogP contribution in [-0.4, -0.2) is 76.9 Å². The van der Waals surface area contributed by atoms with Crippen LogP contribution in [0.1, 0.15) is 143 Å². The van der Waals surface area contributed by atoms with E-state index in [0.29, 0.717) is 25.7 Å². The minimum Gasteiger partial charge on any atom is -0.462 e. The van der Waals surface area contributed by atoms with E-state index < -0.39 is 57.9 Å². The highest BCUT2D eigenvalue weighted by molar-refractivity contribution is 7.47. The van der Waals surface area contributed by atoms with E-state index in [9.17, 15) is 29.3 Å². The molecule has 0 radical (unpaired) electrons. The minimum atomic E-state index is -4.65. The van der Waals surface area contributed by atoms with E-state index in [4.69, 9.17) is 19.1 Å². The molecule has 0 aromatic rings. The van der Waals surface area contributed by atoms with Gasteiger partial charge in [0.15, 0.2) is 6.10 Å². The van der Waals surface area contributed by atoms with Gasteiger partial charge in [0.2, 0.25) is 0 Å². The van der Waals surface area contributed by atoms with Crippen LogP contribution in [-0.2, 0) is 32.7 Å². The Balaban J connectivity index is 4.57. The first-order chi connectivity index (χ1) is 25.0. The van der Waals surface area contributed by atoms with Gasteiger partial charge in [0.25, 0.3) is 0 Å². The predicted molar refractivity (Wildman–Crippen MR) is 206 cm³/mol. The fourth-order valence-electron chi connectivity index (χ4n) is 4.90. The van der Waals surface area contributed by atoms with Crippen LogP contribution in [0.4, 0.5) is 0 Å². The van der Waals surface area contributed by atoms with E-state index in [-0.39, 0.29) is 19.4 Å². The molecule has 4 N–H and O–H groups in total. The van der Waals surface area contributed by atoms with E-state index in [1.54, 1.807) is 18.2 Å². The summed E-state index contributed by atoms with van der Waals surface area (Å²) < 4.78 is 32.5. The van der Waals surface area contributed by atoms with E-state index in [2.05, 4.69) is 37.4 Å². The van der Waals surface area contributed by atoms with Gasteiger partial charge in [0.1, 0.15) is 12.7 Å². The molecule has 0 fully saturated rings. The maximum atomic E-state index is 12.5. The number of hydrogen-bond acceptors (Lipinski definition) is 10.